The molecular weight excluding hydrogens is 330 g/mol. The first-order chi connectivity index (χ1) is 9.34. The Kier molecular flexibility index (Phi) is 5.87. The molecule has 0 amide bonds. The first-order valence-corrected chi connectivity index (χ1v) is 6.90. The summed E-state index contributed by atoms with van der Waals surface area (Å²) in [4.78, 5) is 26.8. The van der Waals surface area contributed by atoms with Gasteiger partial charge in [-0.1, -0.05) is 0 Å². The van der Waals surface area contributed by atoms with Gasteiger partial charge in [-0.15, -0.1) is 0 Å². The molecule has 1 rings (SSSR count). The largest absolute Gasteiger partial charge is 0.481 e. The van der Waals surface area contributed by atoms with Gasteiger partial charge >= 0.3 is 11.7 Å². The van der Waals surface area contributed by atoms with Crippen LogP contribution in [0.15, 0.2) is 16.9 Å². The fourth-order valence-corrected chi connectivity index (χ4v) is 2.41. The first kappa shape index (κ1) is 16.4. The molecule has 0 aromatic carbocycles. The fourth-order valence-electron chi connectivity index (χ4n) is 1.86. The molecule has 1 heterocycles. The lowest BCUT2D eigenvalue weighted by atomic mass is 10.2. The van der Waals surface area contributed by atoms with E-state index in [-0.39, 0.29) is 18.2 Å². The lowest BCUT2D eigenvalue weighted by Crippen LogP contribution is -2.33. The van der Waals surface area contributed by atoms with Crippen molar-refractivity contribution in [3.8, 4) is 0 Å². The molecular formula is C12H16BrN3O4. The molecule has 0 atom stereocenters. The summed E-state index contributed by atoms with van der Waals surface area (Å²) >= 11 is 3.28. The second-order valence-electron chi connectivity index (χ2n) is 4.53. The van der Waals surface area contributed by atoms with Gasteiger partial charge in [-0.3, -0.25) is 19.9 Å². The van der Waals surface area contributed by atoms with Crippen molar-refractivity contribution in [3.05, 3.63) is 27.0 Å². The quantitative estimate of drug-likeness (QED) is 0.602. The Labute approximate surface area is 124 Å². The number of carboxylic acid groups (broad SMARTS) is 1. The van der Waals surface area contributed by atoms with Crippen molar-refractivity contribution in [3.63, 3.8) is 0 Å². The van der Waals surface area contributed by atoms with E-state index in [4.69, 9.17) is 5.11 Å². The zero-order chi connectivity index (χ0) is 15.3. The number of nitro groups is 1. The van der Waals surface area contributed by atoms with E-state index in [1.54, 1.807) is 0 Å². The van der Waals surface area contributed by atoms with Crippen LogP contribution in [0, 0.1) is 10.1 Å². The topological polar surface area (TPSA) is 96.6 Å². The van der Waals surface area contributed by atoms with E-state index < -0.39 is 10.9 Å². The SMILES string of the molecule is CC(C)N(CCCC(=O)O)c1c(Br)cncc1[N+](=O)[O-]. The Morgan fingerprint density at radius 1 is 1.55 bits per heavy atom. The molecule has 0 aliphatic rings. The predicted molar refractivity (Wildman–Crippen MR) is 77.9 cm³/mol. The molecule has 0 unspecified atom stereocenters. The number of nitrogens with zero attached hydrogens (tertiary/aromatic N) is 3. The summed E-state index contributed by atoms with van der Waals surface area (Å²) in [5.74, 6) is -0.878. The molecule has 0 bridgehead atoms. The zero-order valence-electron chi connectivity index (χ0n) is 11.2. The molecule has 0 aliphatic heterocycles. The minimum atomic E-state index is -0.878. The maximum absolute atomic E-state index is 11.1. The van der Waals surface area contributed by atoms with Gasteiger partial charge in [-0.05, 0) is 36.2 Å². The van der Waals surface area contributed by atoms with Crippen molar-refractivity contribution in [2.24, 2.45) is 0 Å². The summed E-state index contributed by atoms with van der Waals surface area (Å²) in [6.45, 7) is 4.22. The van der Waals surface area contributed by atoms with Crippen LogP contribution < -0.4 is 4.90 Å². The van der Waals surface area contributed by atoms with E-state index in [9.17, 15) is 14.9 Å². The van der Waals surface area contributed by atoms with Crippen molar-refractivity contribution in [2.75, 3.05) is 11.4 Å². The van der Waals surface area contributed by atoms with Crippen molar-refractivity contribution < 1.29 is 14.8 Å². The predicted octanol–water partition coefficient (Wildman–Crippen LogP) is 2.83. The van der Waals surface area contributed by atoms with Gasteiger partial charge in [0.1, 0.15) is 11.9 Å². The van der Waals surface area contributed by atoms with Crippen LogP contribution in [0.1, 0.15) is 26.7 Å². The number of aromatic nitrogens is 1. The molecule has 20 heavy (non-hydrogen) atoms. The van der Waals surface area contributed by atoms with Crippen LogP contribution in [0.25, 0.3) is 0 Å². The minimum absolute atomic E-state index is 0.00111. The Morgan fingerprint density at radius 2 is 2.20 bits per heavy atom. The molecule has 8 heteroatoms. The second-order valence-corrected chi connectivity index (χ2v) is 5.38. The number of halogens is 1. The standard InChI is InChI=1S/C12H16BrN3O4/c1-8(2)15(5-3-4-11(17)18)12-9(13)6-14-7-10(12)16(19)20/h6-8H,3-5H2,1-2H3,(H,17,18). The Balaban J connectivity index is 3.08. The average Bonchev–Trinajstić information content (AvgIpc) is 2.34. The van der Waals surface area contributed by atoms with Gasteiger partial charge in [0.2, 0.25) is 0 Å². The molecule has 1 aromatic rings. The summed E-state index contributed by atoms with van der Waals surface area (Å²) in [6, 6.07) is 0.00111. The number of carboxylic acids is 1. The summed E-state index contributed by atoms with van der Waals surface area (Å²) in [5, 5.41) is 19.8. The molecule has 0 saturated heterocycles. The summed E-state index contributed by atoms with van der Waals surface area (Å²) in [6.07, 6.45) is 3.14. The number of aliphatic carboxylic acids is 1. The number of hydrogen-bond acceptors (Lipinski definition) is 5. The van der Waals surface area contributed by atoms with Gasteiger partial charge in [0.05, 0.1) is 9.40 Å². The Hall–Kier alpha value is -1.70. The van der Waals surface area contributed by atoms with Gasteiger partial charge in [0.15, 0.2) is 0 Å². The van der Waals surface area contributed by atoms with E-state index in [1.165, 1.54) is 12.4 Å². The summed E-state index contributed by atoms with van der Waals surface area (Å²) in [7, 11) is 0. The Morgan fingerprint density at radius 3 is 2.70 bits per heavy atom. The van der Waals surface area contributed by atoms with Crippen molar-refractivity contribution >= 4 is 33.3 Å². The maximum Gasteiger partial charge on any atom is 0.311 e. The number of carbonyl (C=O) groups is 1. The highest BCUT2D eigenvalue weighted by atomic mass is 79.9. The van der Waals surface area contributed by atoms with Crippen LogP contribution in [-0.2, 0) is 4.79 Å². The smallest absolute Gasteiger partial charge is 0.311 e. The van der Waals surface area contributed by atoms with E-state index in [0.29, 0.717) is 23.1 Å². The highest BCUT2D eigenvalue weighted by Gasteiger charge is 2.24. The molecule has 1 N–H and O–H groups in total. The number of rotatable bonds is 7. The van der Waals surface area contributed by atoms with Crippen molar-refractivity contribution in [1.29, 1.82) is 0 Å². The van der Waals surface area contributed by atoms with Gasteiger partial charge in [0, 0.05) is 25.2 Å². The summed E-state index contributed by atoms with van der Waals surface area (Å²) in [5.41, 5.74) is 0.341. The van der Waals surface area contributed by atoms with Crippen LogP contribution in [0.5, 0.6) is 0 Å². The third kappa shape index (κ3) is 4.16. The van der Waals surface area contributed by atoms with E-state index in [1.807, 2.05) is 18.7 Å². The van der Waals surface area contributed by atoms with E-state index >= 15 is 0 Å². The molecule has 0 radical (unpaired) electrons. The van der Waals surface area contributed by atoms with E-state index in [0.717, 1.165) is 0 Å². The van der Waals surface area contributed by atoms with Crippen LogP contribution in [-0.4, -0.2) is 33.6 Å². The fraction of sp³-hybridized carbons (Fsp3) is 0.500. The molecule has 110 valence electrons. The molecule has 0 spiro atoms. The molecule has 0 saturated carbocycles. The zero-order valence-corrected chi connectivity index (χ0v) is 12.8. The Bertz CT molecular complexity index is 507. The molecule has 7 nitrogen and oxygen atoms in total. The average molecular weight is 346 g/mol. The van der Waals surface area contributed by atoms with Crippen LogP contribution >= 0.6 is 15.9 Å². The molecule has 1 aromatic heterocycles. The van der Waals surface area contributed by atoms with Crippen LogP contribution in [0.4, 0.5) is 11.4 Å². The lowest BCUT2D eigenvalue weighted by molar-refractivity contribution is -0.384. The number of hydrogen-bond donors (Lipinski definition) is 1. The van der Waals surface area contributed by atoms with Crippen molar-refractivity contribution in [2.45, 2.75) is 32.7 Å². The van der Waals surface area contributed by atoms with Gasteiger partial charge in [-0.2, -0.15) is 0 Å². The van der Waals surface area contributed by atoms with Gasteiger partial charge in [-0.25, -0.2) is 0 Å². The first-order valence-electron chi connectivity index (χ1n) is 6.11. The molecule has 0 fully saturated rings. The second kappa shape index (κ2) is 7.18. The molecule has 0 aliphatic carbocycles. The lowest BCUT2D eigenvalue weighted by Gasteiger charge is -2.29. The normalized spacial score (nSPS) is 10.6. The van der Waals surface area contributed by atoms with Crippen LogP contribution in [0.3, 0.4) is 0 Å². The summed E-state index contributed by atoms with van der Waals surface area (Å²) < 4.78 is 0.524. The highest BCUT2D eigenvalue weighted by Crippen LogP contribution is 2.35. The van der Waals surface area contributed by atoms with Gasteiger partial charge in [0.25, 0.3) is 0 Å². The monoisotopic (exact) mass is 345 g/mol. The van der Waals surface area contributed by atoms with Crippen molar-refractivity contribution in [1.82, 2.24) is 4.98 Å². The maximum atomic E-state index is 11.1. The minimum Gasteiger partial charge on any atom is -0.481 e. The third-order valence-electron chi connectivity index (χ3n) is 2.75. The van der Waals surface area contributed by atoms with Crippen LogP contribution in [0.2, 0.25) is 0 Å². The highest BCUT2D eigenvalue weighted by molar-refractivity contribution is 9.10. The van der Waals surface area contributed by atoms with E-state index in [2.05, 4.69) is 20.9 Å². The third-order valence-corrected chi connectivity index (χ3v) is 3.33. The number of pyridine rings is 1. The van der Waals surface area contributed by atoms with Gasteiger partial charge < -0.3 is 10.0 Å². The number of anilines is 1.